The summed E-state index contributed by atoms with van der Waals surface area (Å²) < 4.78 is 0. The lowest BCUT2D eigenvalue weighted by atomic mass is 9.52. The lowest BCUT2D eigenvalue weighted by molar-refractivity contribution is -0.181. The van der Waals surface area contributed by atoms with Gasteiger partial charge in [0, 0.05) is 18.5 Å². The number of nitrogens with one attached hydrogen (secondary N) is 1. The molecular formula is C28H36N4O7. The number of likely N-dealkylation sites (N-methyl/N-ethyl adjacent to an activating group) is 1. The molecule has 0 bridgehead atoms. The first-order valence-electron chi connectivity index (χ1n) is 13.5. The number of nitrogens with zero attached hydrogens (tertiary/aromatic N) is 2. The number of amides is 1. The first kappa shape index (κ1) is 27.6. The van der Waals surface area contributed by atoms with Crippen LogP contribution in [0.5, 0.6) is 5.75 Å². The predicted octanol–water partition coefficient (Wildman–Crippen LogP) is -0.949. The normalized spacial score (nSPS) is 33.6. The molecule has 210 valence electrons. The summed E-state index contributed by atoms with van der Waals surface area (Å²) >= 11 is 0. The molecule has 1 saturated heterocycles. The number of hydrogen-bond donors (Lipinski definition) is 4. The van der Waals surface area contributed by atoms with E-state index in [1.807, 2.05) is 0 Å². The van der Waals surface area contributed by atoms with Gasteiger partial charge in [-0.05, 0) is 83.0 Å². The first-order chi connectivity index (χ1) is 18.4. The second-order valence-corrected chi connectivity index (χ2v) is 11.8. The van der Waals surface area contributed by atoms with E-state index in [9.17, 15) is 34.2 Å². The van der Waals surface area contributed by atoms with Crippen LogP contribution in [0.25, 0.3) is 0 Å². The molecule has 1 aromatic rings. The minimum absolute atomic E-state index is 0.0317. The van der Waals surface area contributed by atoms with Gasteiger partial charge in [-0.1, -0.05) is 6.07 Å². The summed E-state index contributed by atoms with van der Waals surface area (Å²) in [5, 5.41) is 25.9. The molecule has 1 aromatic carbocycles. The zero-order valence-electron chi connectivity index (χ0n) is 22.5. The van der Waals surface area contributed by atoms with Gasteiger partial charge in [0.1, 0.15) is 5.75 Å². The highest BCUT2D eigenvalue weighted by Gasteiger charge is 2.69. The summed E-state index contributed by atoms with van der Waals surface area (Å²) in [5.74, 6) is -10.3. The van der Waals surface area contributed by atoms with Crippen molar-refractivity contribution in [2.24, 2.45) is 29.4 Å². The van der Waals surface area contributed by atoms with E-state index in [-0.39, 0.29) is 24.2 Å². The number of hydrogen-bond acceptors (Lipinski definition) is 10. The number of rotatable bonds is 5. The van der Waals surface area contributed by atoms with Gasteiger partial charge in [0.15, 0.2) is 34.7 Å². The largest absolute Gasteiger partial charge is 0.507 e. The molecule has 0 radical (unpaired) electrons. The number of fused-ring (bicyclic) bond motifs is 3. The number of primary amides is 1. The molecule has 39 heavy (non-hydrogen) atoms. The van der Waals surface area contributed by atoms with Crippen molar-refractivity contribution in [1.29, 1.82) is 0 Å². The molecule has 0 spiro atoms. The molecular weight excluding hydrogens is 504 g/mol. The van der Waals surface area contributed by atoms with Crippen molar-refractivity contribution in [3.8, 4) is 5.75 Å². The van der Waals surface area contributed by atoms with Gasteiger partial charge in [-0.2, -0.15) is 0 Å². The van der Waals surface area contributed by atoms with Crippen LogP contribution in [0.15, 0.2) is 12.1 Å². The fraction of sp³-hybridized carbons (Fsp3) is 0.607. The predicted molar refractivity (Wildman–Crippen MR) is 139 cm³/mol. The number of Topliss-reactive ketones (excluding diaryl/α,β-unsaturated/α-hetero) is 4. The maximum atomic E-state index is 13.9. The highest BCUT2D eigenvalue weighted by atomic mass is 16.3. The Hall–Kier alpha value is -2.99. The highest BCUT2D eigenvalue weighted by molar-refractivity contribution is 6.32. The first-order valence-corrected chi connectivity index (χ1v) is 13.5. The van der Waals surface area contributed by atoms with E-state index in [1.165, 1.54) is 11.0 Å². The van der Waals surface area contributed by atoms with Gasteiger partial charge < -0.3 is 26.2 Å². The Labute approximate surface area is 226 Å². The molecule has 3 aliphatic carbocycles. The molecule has 4 aliphatic rings. The topological polar surface area (TPSA) is 170 Å². The molecule has 5 N–H and O–H groups in total. The van der Waals surface area contributed by atoms with Crippen molar-refractivity contribution in [2.75, 3.05) is 34.2 Å². The Kier molecular flexibility index (Phi) is 6.99. The second kappa shape index (κ2) is 9.88. The lowest BCUT2D eigenvalue weighted by Gasteiger charge is -2.52. The van der Waals surface area contributed by atoms with Gasteiger partial charge in [0.05, 0.1) is 17.5 Å². The second-order valence-electron chi connectivity index (χ2n) is 11.8. The van der Waals surface area contributed by atoms with E-state index in [4.69, 9.17) is 5.73 Å². The fourth-order valence-corrected chi connectivity index (χ4v) is 7.30. The van der Waals surface area contributed by atoms with Gasteiger partial charge >= 0.3 is 0 Å². The van der Waals surface area contributed by atoms with Crippen molar-refractivity contribution in [2.45, 2.75) is 49.9 Å². The van der Waals surface area contributed by atoms with Gasteiger partial charge in [0.25, 0.3) is 0 Å². The van der Waals surface area contributed by atoms with Crippen LogP contribution in [0.2, 0.25) is 0 Å². The number of phenolic OH excluding ortho intramolecular Hbond substituents is 1. The van der Waals surface area contributed by atoms with E-state index in [2.05, 4.69) is 17.3 Å². The fourth-order valence-electron chi connectivity index (χ4n) is 7.30. The summed E-state index contributed by atoms with van der Waals surface area (Å²) in [6.07, 6.45) is 2.30. The summed E-state index contributed by atoms with van der Waals surface area (Å²) in [7, 11) is 5.22. The lowest BCUT2D eigenvalue weighted by Crippen LogP contribution is -2.74. The highest BCUT2D eigenvalue weighted by Crippen LogP contribution is 2.51. The van der Waals surface area contributed by atoms with Crippen LogP contribution in [0.3, 0.4) is 0 Å². The van der Waals surface area contributed by atoms with Crippen LogP contribution in [0.4, 0.5) is 0 Å². The number of carbonyl (C=O) groups is 5. The quantitative estimate of drug-likeness (QED) is 0.342. The number of ketones is 4. The van der Waals surface area contributed by atoms with Gasteiger partial charge in [-0.25, -0.2) is 0 Å². The SMILES string of the molecule is CN1CCC(NCc2ccc(O)c3c2C[C@@H]2C[C@@H]4[C@@H](N(C)C)C(=O)C(C(N)=O)C(=O)[C@]4(O)C(=O)C2C3=O)CC1. The number of phenols is 1. The molecule has 6 atom stereocenters. The molecule has 11 nitrogen and oxygen atoms in total. The maximum absolute atomic E-state index is 13.9. The number of carbonyl (C=O) groups excluding carboxylic acids is 5. The number of aliphatic hydroxyl groups is 1. The Bertz CT molecular complexity index is 1250. The Morgan fingerprint density at radius 3 is 2.44 bits per heavy atom. The number of likely N-dealkylation sites (tertiary alicyclic amines) is 1. The monoisotopic (exact) mass is 540 g/mol. The molecule has 11 heteroatoms. The zero-order chi connectivity index (χ0) is 28.4. The average Bonchev–Trinajstić information content (AvgIpc) is 2.86. The third kappa shape index (κ3) is 4.23. The van der Waals surface area contributed by atoms with Crippen LogP contribution < -0.4 is 11.1 Å². The molecule has 3 fully saturated rings. The van der Waals surface area contributed by atoms with Gasteiger partial charge in [-0.15, -0.1) is 0 Å². The summed E-state index contributed by atoms with van der Waals surface area (Å²) in [6, 6.07) is 2.42. The number of piperidine rings is 1. The van der Waals surface area contributed by atoms with Crippen molar-refractivity contribution >= 4 is 29.0 Å². The van der Waals surface area contributed by atoms with Crippen molar-refractivity contribution < 1.29 is 34.2 Å². The van der Waals surface area contributed by atoms with Crippen LogP contribution in [0.1, 0.15) is 40.7 Å². The summed E-state index contributed by atoms with van der Waals surface area (Å²) in [5.41, 5.74) is 4.16. The number of nitrogens with two attached hydrogens (primary N) is 1. The number of aromatic hydroxyl groups is 1. The van der Waals surface area contributed by atoms with Crippen LogP contribution in [-0.2, 0) is 32.1 Å². The minimum Gasteiger partial charge on any atom is -0.507 e. The van der Waals surface area contributed by atoms with Gasteiger partial charge in [-0.3, -0.25) is 28.9 Å². The molecule has 2 saturated carbocycles. The van der Waals surface area contributed by atoms with E-state index in [0.717, 1.165) is 31.5 Å². The molecule has 1 heterocycles. The van der Waals surface area contributed by atoms with Crippen LogP contribution >= 0.6 is 0 Å². The third-order valence-electron chi connectivity index (χ3n) is 9.34. The summed E-state index contributed by atoms with van der Waals surface area (Å²) in [4.78, 5) is 70.0. The minimum atomic E-state index is -2.71. The third-order valence-corrected chi connectivity index (χ3v) is 9.34. The van der Waals surface area contributed by atoms with Gasteiger partial charge in [0.2, 0.25) is 5.91 Å². The number of benzene rings is 1. The van der Waals surface area contributed by atoms with Crippen LogP contribution in [-0.4, -0.2) is 101 Å². The van der Waals surface area contributed by atoms with E-state index < -0.39 is 64.4 Å². The maximum Gasteiger partial charge on any atom is 0.235 e. The molecule has 2 unspecified atom stereocenters. The standard InChI is InChI=1S/C28H36N4O7/c1-31(2)22-17-11-14-10-16-13(12-30-15-6-8-32(3)9-7-15)4-5-18(33)20(16)23(34)19(14)25(36)28(17,39)26(37)21(24(22)35)27(29)38/h4-5,14-15,17,19,21-22,30,33,39H,6-12H2,1-3H3,(H2,29,38)/t14-,17-,19?,21?,22-,28-/m1/s1. The molecule has 1 amide bonds. The van der Waals surface area contributed by atoms with Crippen molar-refractivity contribution in [1.82, 2.24) is 15.1 Å². The van der Waals surface area contributed by atoms with E-state index in [1.54, 1.807) is 20.2 Å². The average molecular weight is 541 g/mol. The molecule has 1 aliphatic heterocycles. The Morgan fingerprint density at radius 2 is 1.82 bits per heavy atom. The molecule has 5 rings (SSSR count). The zero-order valence-corrected chi connectivity index (χ0v) is 22.5. The Morgan fingerprint density at radius 1 is 1.15 bits per heavy atom. The van der Waals surface area contributed by atoms with Crippen molar-refractivity contribution in [3.63, 3.8) is 0 Å². The van der Waals surface area contributed by atoms with Crippen LogP contribution in [0, 0.1) is 23.7 Å². The molecule has 0 aromatic heterocycles. The van der Waals surface area contributed by atoms with E-state index in [0.29, 0.717) is 18.2 Å². The van der Waals surface area contributed by atoms with Crippen molar-refractivity contribution in [3.05, 3.63) is 28.8 Å². The Balaban J connectivity index is 1.51. The smallest absolute Gasteiger partial charge is 0.235 e. The van der Waals surface area contributed by atoms with E-state index >= 15 is 0 Å². The summed E-state index contributed by atoms with van der Waals surface area (Å²) in [6.45, 7) is 2.46.